The maximum absolute atomic E-state index is 13.6. The van der Waals surface area contributed by atoms with E-state index in [2.05, 4.69) is 16.9 Å². The lowest BCUT2D eigenvalue weighted by molar-refractivity contribution is 0.186. The second-order valence-electron chi connectivity index (χ2n) is 8.66. The maximum Gasteiger partial charge on any atom is 0.159 e. The van der Waals surface area contributed by atoms with Crippen LogP contribution in [0.5, 0.6) is 11.5 Å². The number of hydrogen-bond acceptors (Lipinski definition) is 4. The molecule has 0 aliphatic carbocycles. The Hall–Kier alpha value is -2.95. The molecule has 2 aromatic carbocycles. The van der Waals surface area contributed by atoms with Gasteiger partial charge in [-0.15, -0.1) is 0 Å². The summed E-state index contributed by atoms with van der Waals surface area (Å²) in [5.74, 6) is 2.22. The van der Waals surface area contributed by atoms with Crippen molar-refractivity contribution in [2.24, 2.45) is 0 Å². The van der Waals surface area contributed by atoms with Gasteiger partial charge in [-0.2, -0.15) is 0 Å². The summed E-state index contributed by atoms with van der Waals surface area (Å²) in [5, 5.41) is 0. The minimum Gasteiger partial charge on any atom is -0.494 e. The van der Waals surface area contributed by atoms with Crippen molar-refractivity contribution >= 4 is 0 Å². The minimum atomic E-state index is -0.924. The predicted octanol–water partition coefficient (Wildman–Crippen LogP) is 8.07. The Balaban J connectivity index is 1.48. The van der Waals surface area contributed by atoms with Crippen molar-refractivity contribution in [1.29, 1.82) is 0 Å². The molecule has 0 radical (unpaired) electrons. The van der Waals surface area contributed by atoms with E-state index in [1.54, 1.807) is 0 Å². The van der Waals surface area contributed by atoms with Gasteiger partial charge in [0, 0.05) is 23.5 Å². The van der Waals surface area contributed by atoms with Crippen LogP contribution < -0.4 is 9.47 Å². The van der Waals surface area contributed by atoms with Gasteiger partial charge in [0.05, 0.1) is 6.61 Å². The summed E-state index contributed by atoms with van der Waals surface area (Å²) in [5.41, 5.74) is 2.86. The number of ether oxygens (including phenoxy) is 2. The zero-order valence-electron chi connectivity index (χ0n) is 20.5. The van der Waals surface area contributed by atoms with E-state index in [-0.39, 0.29) is 6.61 Å². The monoisotopic (exact) mass is 464 g/mol. The third-order valence-electron chi connectivity index (χ3n) is 5.75. The molecule has 3 rings (SSSR count). The molecule has 0 N–H and O–H groups in total. The molecule has 1 aromatic heterocycles. The zero-order valence-corrected chi connectivity index (χ0v) is 20.5. The number of rotatable bonds is 15. The zero-order chi connectivity index (χ0) is 24.0. The number of benzene rings is 2. The van der Waals surface area contributed by atoms with Crippen LogP contribution in [0.3, 0.4) is 0 Å². The highest BCUT2D eigenvalue weighted by molar-refractivity contribution is 5.64. The summed E-state index contributed by atoms with van der Waals surface area (Å²) in [6, 6.07) is 15.5. The highest BCUT2D eigenvalue weighted by Gasteiger charge is 2.07. The SMILES string of the molecule is CCCCCCCCOc1ccc(-c2ncc(-c3ccc(OCC(F)CCC)cc3)cn2)cc1. The van der Waals surface area contributed by atoms with Gasteiger partial charge >= 0.3 is 0 Å². The second kappa shape index (κ2) is 14.3. The summed E-state index contributed by atoms with van der Waals surface area (Å²) in [6.45, 7) is 5.05. The summed E-state index contributed by atoms with van der Waals surface area (Å²) < 4.78 is 25.0. The quantitative estimate of drug-likeness (QED) is 0.213. The Morgan fingerprint density at radius 3 is 1.91 bits per heavy atom. The molecule has 182 valence electrons. The second-order valence-corrected chi connectivity index (χ2v) is 8.66. The third kappa shape index (κ3) is 8.44. The summed E-state index contributed by atoms with van der Waals surface area (Å²) in [7, 11) is 0. The lowest BCUT2D eigenvalue weighted by atomic mass is 10.1. The largest absolute Gasteiger partial charge is 0.494 e. The molecule has 5 heteroatoms. The van der Waals surface area contributed by atoms with Crippen LogP contribution in [0.15, 0.2) is 60.9 Å². The van der Waals surface area contributed by atoms with Gasteiger partial charge in [0.2, 0.25) is 0 Å². The standard InChI is InChI=1S/C29H37FN2O2/c1-3-5-6-7-8-9-19-33-27-17-13-24(14-18-27)29-31-20-25(21-32-29)23-11-15-28(16-12-23)34-22-26(30)10-4-2/h11-18,20-21,26H,3-10,19,22H2,1-2H3. The van der Waals surface area contributed by atoms with Crippen LogP contribution in [0, 0.1) is 0 Å². The highest BCUT2D eigenvalue weighted by atomic mass is 19.1. The van der Waals surface area contributed by atoms with E-state index >= 15 is 0 Å². The molecule has 3 aromatic rings. The Morgan fingerprint density at radius 2 is 1.26 bits per heavy atom. The molecule has 1 heterocycles. The smallest absolute Gasteiger partial charge is 0.159 e. The Labute approximate surface area is 203 Å². The fourth-order valence-electron chi connectivity index (χ4n) is 3.73. The third-order valence-corrected chi connectivity index (χ3v) is 5.75. The van der Waals surface area contributed by atoms with Crippen molar-refractivity contribution in [3.63, 3.8) is 0 Å². The van der Waals surface area contributed by atoms with Gasteiger partial charge in [-0.05, 0) is 54.8 Å². The van der Waals surface area contributed by atoms with Gasteiger partial charge in [0.1, 0.15) is 24.3 Å². The van der Waals surface area contributed by atoms with Gasteiger partial charge in [0.15, 0.2) is 5.82 Å². The Bertz CT molecular complexity index is 943. The fourth-order valence-corrected chi connectivity index (χ4v) is 3.73. The molecule has 0 saturated heterocycles. The summed E-state index contributed by atoms with van der Waals surface area (Å²) in [6.07, 6.45) is 11.6. The van der Waals surface area contributed by atoms with Crippen molar-refractivity contribution in [3.8, 4) is 34.0 Å². The number of alkyl halides is 1. The number of hydrogen-bond donors (Lipinski definition) is 0. The van der Waals surface area contributed by atoms with Crippen molar-refractivity contribution in [2.75, 3.05) is 13.2 Å². The van der Waals surface area contributed by atoms with E-state index in [9.17, 15) is 4.39 Å². The molecule has 0 spiro atoms. The molecule has 1 atom stereocenters. The van der Waals surface area contributed by atoms with E-state index in [4.69, 9.17) is 9.47 Å². The van der Waals surface area contributed by atoms with Crippen LogP contribution in [-0.2, 0) is 0 Å². The molecule has 0 fully saturated rings. The lowest BCUT2D eigenvalue weighted by Crippen LogP contribution is -2.12. The normalized spacial score (nSPS) is 11.9. The first-order valence-corrected chi connectivity index (χ1v) is 12.6. The molecular weight excluding hydrogens is 427 g/mol. The van der Waals surface area contributed by atoms with E-state index < -0.39 is 6.17 Å². The van der Waals surface area contributed by atoms with Gasteiger partial charge < -0.3 is 9.47 Å². The minimum absolute atomic E-state index is 0.0911. The van der Waals surface area contributed by atoms with Crippen LogP contribution in [0.4, 0.5) is 4.39 Å². The molecule has 0 aliphatic rings. The molecule has 0 saturated carbocycles. The maximum atomic E-state index is 13.6. The number of aromatic nitrogens is 2. The van der Waals surface area contributed by atoms with Crippen molar-refractivity contribution in [2.45, 2.75) is 71.4 Å². The lowest BCUT2D eigenvalue weighted by Gasteiger charge is -2.10. The number of unbranched alkanes of at least 4 members (excludes halogenated alkanes) is 5. The van der Waals surface area contributed by atoms with Gasteiger partial charge in [-0.25, -0.2) is 14.4 Å². The average Bonchev–Trinajstić information content (AvgIpc) is 2.88. The fraction of sp³-hybridized carbons (Fsp3) is 0.448. The van der Waals surface area contributed by atoms with E-state index in [0.29, 0.717) is 18.0 Å². The topological polar surface area (TPSA) is 44.2 Å². The molecule has 0 bridgehead atoms. The molecule has 0 aliphatic heterocycles. The van der Waals surface area contributed by atoms with Gasteiger partial charge in [-0.1, -0.05) is 64.5 Å². The van der Waals surface area contributed by atoms with Gasteiger partial charge in [0.25, 0.3) is 0 Å². The molecule has 4 nitrogen and oxygen atoms in total. The van der Waals surface area contributed by atoms with E-state index in [0.717, 1.165) is 41.9 Å². The van der Waals surface area contributed by atoms with E-state index in [1.807, 2.05) is 67.8 Å². The number of nitrogens with zero attached hydrogens (tertiary/aromatic N) is 2. The Kier molecular flexibility index (Phi) is 10.8. The first kappa shape index (κ1) is 25.7. The number of halogens is 1. The summed E-state index contributed by atoms with van der Waals surface area (Å²) in [4.78, 5) is 9.07. The van der Waals surface area contributed by atoms with Crippen molar-refractivity contribution in [1.82, 2.24) is 9.97 Å². The Morgan fingerprint density at radius 1 is 0.676 bits per heavy atom. The van der Waals surface area contributed by atoms with Crippen LogP contribution in [0.1, 0.15) is 65.2 Å². The first-order valence-electron chi connectivity index (χ1n) is 12.6. The van der Waals surface area contributed by atoms with Crippen molar-refractivity contribution in [3.05, 3.63) is 60.9 Å². The molecule has 34 heavy (non-hydrogen) atoms. The highest BCUT2D eigenvalue weighted by Crippen LogP contribution is 2.24. The first-order chi connectivity index (χ1) is 16.7. The average molecular weight is 465 g/mol. The van der Waals surface area contributed by atoms with Crippen LogP contribution in [0.2, 0.25) is 0 Å². The summed E-state index contributed by atoms with van der Waals surface area (Å²) >= 11 is 0. The molecule has 0 amide bonds. The van der Waals surface area contributed by atoms with Crippen LogP contribution in [-0.4, -0.2) is 29.4 Å². The molecular formula is C29H37FN2O2. The van der Waals surface area contributed by atoms with E-state index in [1.165, 1.54) is 32.1 Å². The molecule has 1 unspecified atom stereocenters. The van der Waals surface area contributed by atoms with Crippen LogP contribution >= 0.6 is 0 Å². The van der Waals surface area contributed by atoms with Crippen LogP contribution in [0.25, 0.3) is 22.5 Å². The van der Waals surface area contributed by atoms with Gasteiger partial charge in [-0.3, -0.25) is 0 Å². The van der Waals surface area contributed by atoms with Crippen molar-refractivity contribution < 1.29 is 13.9 Å². The predicted molar refractivity (Wildman–Crippen MR) is 137 cm³/mol.